The third-order valence-corrected chi connectivity index (χ3v) is 5.94. The van der Waals surface area contributed by atoms with Gasteiger partial charge in [0.1, 0.15) is 5.84 Å². The number of carbonyl (C=O) groups excluding carboxylic acids is 1. The summed E-state index contributed by atoms with van der Waals surface area (Å²) in [6.45, 7) is 4.57. The molecule has 0 radical (unpaired) electrons. The zero-order valence-corrected chi connectivity index (χ0v) is 16.3. The summed E-state index contributed by atoms with van der Waals surface area (Å²) in [4.78, 5) is 19.6. The number of rotatable bonds is 3. The first kappa shape index (κ1) is 18.1. The summed E-state index contributed by atoms with van der Waals surface area (Å²) in [5.41, 5.74) is 5.72. The van der Waals surface area contributed by atoms with Crippen molar-refractivity contribution in [3.8, 4) is 0 Å². The topological polar surface area (TPSA) is 56.7 Å². The Balaban J connectivity index is 1.61. The predicted octanol–water partition coefficient (Wildman–Crippen LogP) is 4.16. The molecular weight excluding hydrogens is 356 g/mol. The third kappa shape index (κ3) is 4.01. The molecule has 5 nitrogen and oxygen atoms in total. The smallest absolute Gasteiger partial charge is 0.265 e. The summed E-state index contributed by atoms with van der Waals surface area (Å²) in [7, 11) is 0. The lowest BCUT2D eigenvalue weighted by atomic mass is 10.1. The molecule has 1 amide bonds. The molecule has 0 bridgehead atoms. The summed E-state index contributed by atoms with van der Waals surface area (Å²) in [5.74, 6) is 0.801. The number of anilines is 1. The van der Waals surface area contributed by atoms with Crippen LogP contribution in [0.4, 0.5) is 5.69 Å². The van der Waals surface area contributed by atoms with E-state index < -0.39 is 0 Å². The van der Waals surface area contributed by atoms with E-state index in [2.05, 4.69) is 27.9 Å². The number of hydrazine groups is 1. The predicted molar refractivity (Wildman–Crippen MR) is 111 cm³/mol. The summed E-state index contributed by atoms with van der Waals surface area (Å²) in [6.07, 6.45) is 3.52. The molecule has 0 unspecified atom stereocenters. The molecule has 2 aliphatic rings. The Morgan fingerprint density at radius 1 is 1.15 bits per heavy atom. The van der Waals surface area contributed by atoms with Crippen molar-refractivity contribution < 1.29 is 4.79 Å². The molecule has 2 aromatic rings. The second-order valence-corrected chi connectivity index (χ2v) is 7.83. The van der Waals surface area contributed by atoms with Crippen molar-refractivity contribution in [2.24, 2.45) is 4.99 Å². The van der Waals surface area contributed by atoms with Crippen LogP contribution >= 0.6 is 11.8 Å². The van der Waals surface area contributed by atoms with Gasteiger partial charge in [-0.3, -0.25) is 15.2 Å². The molecule has 2 N–H and O–H groups in total. The molecule has 1 fully saturated rings. The van der Waals surface area contributed by atoms with Crippen LogP contribution in [-0.2, 0) is 0 Å². The van der Waals surface area contributed by atoms with E-state index in [9.17, 15) is 4.79 Å². The van der Waals surface area contributed by atoms with Crippen LogP contribution in [-0.4, -0.2) is 36.4 Å². The zero-order chi connectivity index (χ0) is 18.6. The first-order valence-corrected chi connectivity index (χ1v) is 10.3. The van der Waals surface area contributed by atoms with Crippen LogP contribution < -0.4 is 10.7 Å². The number of amidine groups is 1. The maximum absolute atomic E-state index is 12.7. The molecule has 0 saturated carbocycles. The number of hydrogen-bond donors (Lipinski definition) is 2. The Morgan fingerprint density at radius 2 is 1.96 bits per heavy atom. The van der Waals surface area contributed by atoms with Gasteiger partial charge in [-0.15, -0.1) is 0 Å². The molecule has 2 aliphatic heterocycles. The largest absolute Gasteiger partial charge is 0.339 e. The number of aliphatic imine (C=N–C) groups is 1. The number of benzene rings is 2. The molecule has 27 heavy (non-hydrogen) atoms. The lowest BCUT2D eigenvalue weighted by Crippen LogP contribution is -2.45. The number of fused-ring (bicyclic) bond motifs is 2. The van der Waals surface area contributed by atoms with E-state index in [0.717, 1.165) is 47.9 Å². The Kier molecular flexibility index (Phi) is 5.45. The van der Waals surface area contributed by atoms with Crippen LogP contribution in [0.2, 0.25) is 0 Å². The van der Waals surface area contributed by atoms with Gasteiger partial charge in [0.05, 0.1) is 5.69 Å². The quantitative estimate of drug-likeness (QED) is 0.839. The number of nitrogens with zero attached hydrogens (tertiary/aromatic N) is 2. The van der Waals surface area contributed by atoms with Crippen LogP contribution in [0.1, 0.15) is 42.1 Å². The highest BCUT2D eigenvalue weighted by molar-refractivity contribution is 7.99. The van der Waals surface area contributed by atoms with Gasteiger partial charge in [0.2, 0.25) is 0 Å². The maximum atomic E-state index is 12.7. The van der Waals surface area contributed by atoms with Crippen molar-refractivity contribution in [2.75, 3.05) is 25.0 Å². The first-order valence-electron chi connectivity index (χ1n) is 9.53. The van der Waals surface area contributed by atoms with E-state index in [1.807, 2.05) is 42.3 Å². The van der Waals surface area contributed by atoms with Gasteiger partial charge in [-0.2, -0.15) is 0 Å². The first-order chi connectivity index (χ1) is 13.2. The molecule has 0 aromatic heterocycles. The molecule has 0 aliphatic carbocycles. The highest BCUT2D eigenvalue weighted by Crippen LogP contribution is 2.39. The van der Waals surface area contributed by atoms with E-state index in [1.165, 1.54) is 11.3 Å². The number of hydrogen-bond acceptors (Lipinski definition) is 4. The molecular formula is C21H24N4OS. The van der Waals surface area contributed by atoms with Crippen LogP contribution in [0.15, 0.2) is 57.2 Å². The summed E-state index contributed by atoms with van der Waals surface area (Å²) >= 11 is 1.70. The van der Waals surface area contributed by atoms with Crippen molar-refractivity contribution >= 4 is 29.2 Å². The third-order valence-electron chi connectivity index (χ3n) is 4.79. The van der Waals surface area contributed by atoms with Crippen molar-refractivity contribution in [1.29, 1.82) is 0 Å². The molecule has 0 atom stereocenters. The summed E-state index contributed by atoms with van der Waals surface area (Å²) in [5, 5.41) is 5.48. The van der Waals surface area contributed by atoms with Crippen molar-refractivity contribution in [3.63, 3.8) is 0 Å². The van der Waals surface area contributed by atoms with Gasteiger partial charge in [-0.05, 0) is 44.0 Å². The van der Waals surface area contributed by atoms with Gasteiger partial charge in [0.25, 0.3) is 5.91 Å². The lowest BCUT2D eigenvalue weighted by molar-refractivity contribution is 0.0750. The SMILES string of the molecule is CCN=C1Nc2cc(C(=O)NN3CCCCC3)ccc2Sc2ccccc21. The molecule has 2 heterocycles. The van der Waals surface area contributed by atoms with Crippen LogP contribution in [0.5, 0.6) is 0 Å². The number of carbonyl (C=O) groups is 1. The van der Waals surface area contributed by atoms with Crippen molar-refractivity contribution in [1.82, 2.24) is 10.4 Å². The van der Waals surface area contributed by atoms with Crippen LogP contribution in [0, 0.1) is 0 Å². The summed E-state index contributed by atoms with van der Waals surface area (Å²) in [6, 6.07) is 14.1. The molecule has 0 spiro atoms. The minimum absolute atomic E-state index is 0.0535. The Morgan fingerprint density at radius 3 is 2.78 bits per heavy atom. The average molecular weight is 381 g/mol. The molecule has 2 aromatic carbocycles. The minimum atomic E-state index is -0.0535. The van der Waals surface area contributed by atoms with E-state index in [4.69, 9.17) is 0 Å². The number of nitrogens with one attached hydrogen (secondary N) is 2. The van der Waals surface area contributed by atoms with Gasteiger partial charge in [-0.25, -0.2) is 5.01 Å². The van der Waals surface area contributed by atoms with Gasteiger partial charge in [0, 0.05) is 40.6 Å². The molecule has 140 valence electrons. The molecule has 4 rings (SSSR count). The fourth-order valence-corrected chi connectivity index (χ4v) is 4.43. The van der Waals surface area contributed by atoms with Gasteiger partial charge >= 0.3 is 0 Å². The molecule has 1 saturated heterocycles. The second kappa shape index (κ2) is 8.15. The van der Waals surface area contributed by atoms with E-state index in [0.29, 0.717) is 12.1 Å². The standard InChI is InChI=1S/C21H24N4OS/c1-2-22-20-16-8-4-5-9-18(16)27-19-11-10-15(14-17(19)23-20)21(26)24-25-12-6-3-7-13-25/h4-5,8-11,14H,2-3,6-7,12-13H2,1H3,(H,22,23)(H,24,26). The number of amides is 1. The Hall–Kier alpha value is -2.31. The van der Waals surface area contributed by atoms with E-state index in [-0.39, 0.29) is 5.91 Å². The highest BCUT2D eigenvalue weighted by Gasteiger charge is 2.20. The highest BCUT2D eigenvalue weighted by atomic mass is 32.2. The fourth-order valence-electron chi connectivity index (χ4n) is 3.42. The van der Waals surface area contributed by atoms with Crippen LogP contribution in [0.25, 0.3) is 0 Å². The normalized spacial score (nSPS) is 18.2. The zero-order valence-electron chi connectivity index (χ0n) is 15.5. The Labute approximate surface area is 164 Å². The van der Waals surface area contributed by atoms with Gasteiger partial charge in [-0.1, -0.05) is 36.4 Å². The number of piperidine rings is 1. The lowest BCUT2D eigenvalue weighted by Gasteiger charge is -2.26. The average Bonchev–Trinajstić information content (AvgIpc) is 2.85. The van der Waals surface area contributed by atoms with Crippen LogP contribution in [0.3, 0.4) is 0 Å². The van der Waals surface area contributed by atoms with Gasteiger partial charge < -0.3 is 5.32 Å². The van der Waals surface area contributed by atoms with Crippen molar-refractivity contribution in [2.45, 2.75) is 36.0 Å². The van der Waals surface area contributed by atoms with Crippen molar-refractivity contribution in [3.05, 3.63) is 53.6 Å². The monoisotopic (exact) mass is 380 g/mol. The second-order valence-electron chi connectivity index (χ2n) is 6.75. The van der Waals surface area contributed by atoms with E-state index in [1.54, 1.807) is 11.8 Å². The maximum Gasteiger partial charge on any atom is 0.265 e. The van der Waals surface area contributed by atoms with E-state index >= 15 is 0 Å². The van der Waals surface area contributed by atoms with Gasteiger partial charge in [0.15, 0.2) is 0 Å². The summed E-state index contributed by atoms with van der Waals surface area (Å²) < 4.78 is 0. The molecule has 6 heteroatoms. The Bertz CT molecular complexity index is 874. The fraction of sp³-hybridized carbons (Fsp3) is 0.333. The minimum Gasteiger partial charge on any atom is -0.339 e.